The van der Waals surface area contributed by atoms with E-state index in [1.807, 2.05) is 0 Å². The van der Waals surface area contributed by atoms with E-state index in [0.717, 1.165) is 0 Å². The van der Waals surface area contributed by atoms with Gasteiger partial charge in [0.1, 0.15) is 9.75 Å². The van der Waals surface area contributed by atoms with Crippen LogP contribution in [0.4, 0.5) is 0 Å². The molecule has 2 aromatic heterocycles. The fraction of sp³-hybridized carbons (Fsp3) is 0.455. The Kier molecular flexibility index (Phi) is 3.64. The molecule has 0 fully saturated rings. The van der Waals surface area contributed by atoms with E-state index < -0.39 is 10.7 Å². The molecule has 6 nitrogen and oxygen atoms in total. The smallest absolute Gasteiger partial charge is 0.319 e. The Morgan fingerprint density at radius 1 is 1.58 bits per heavy atom. The van der Waals surface area contributed by atoms with Gasteiger partial charge in [-0.2, -0.15) is 9.61 Å². The van der Waals surface area contributed by atoms with Crippen LogP contribution in [0.15, 0.2) is 10.9 Å². The zero-order chi connectivity index (χ0) is 14.2. The fourth-order valence-corrected chi connectivity index (χ4v) is 3.14. The number of nitrogens with zero attached hydrogens (tertiary/aromatic N) is 3. The molecule has 0 radical (unpaired) electrons. The maximum atomic E-state index is 11.7. The first-order valence-corrected chi connectivity index (χ1v) is 7.33. The SMILES string of the molecule is Cc1cc(=O)n2nc(CSC(C)(C)C(=O)O)sc2n1. The molecule has 0 aliphatic carbocycles. The molecule has 0 aromatic carbocycles. The lowest BCUT2D eigenvalue weighted by molar-refractivity contribution is -0.138. The minimum Gasteiger partial charge on any atom is -0.480 e. The second-order valence-electron chi connectivity index (χ2n) is 4.53. The maximum absolute atomic E-state index is 11.7. The van der Waals surface area contributed by atoms with E-state index in [9.17, 15) is 9.59 Å². The van der Waals surface area contributed by atoms with Crippen molar-refractivity contribution < 1.29 is 9.90 Å². The number of aryl methyl sites for hydroxylation is 1. The van der Waals surface area contributed by atoms with E-state index in [1.165, 1.54) is 33.7 Å². The fourth-order valence-electron chi connectivity index (χ4n) is 1.32. The monoisotopic (exact) mass is 299 g/mol. The molecule has 0 aliphatic heterocycles. The lowest BCUT2D eigenvalue weighted by atomic mass is 10.2. The standard InChI is InChI=1S/C11H13N3O3S2/c1-6-4-8(15)14-10(12-6)19-7(13-14)5-18-11(2,3)9(16)17/h4H,5H2,1-3H3,(H,16,17). The van der Waals surface area contributed by atoms with Crippen molar-refractivity contribution >= 4 is 34.0 Å². The maximum Gasteiger partial charge on any atom is 0.319 e. The highest BCUT2D eigenvalue weighted by molar-refractivity contribution is 8.00. The lowest BCUT2D eigenvalue weighted by Gasteiger charge is -2.16. The van der Waals surface area contributed by atoms with Crippen LogP contribution >= 0.6 is 23.1 Å². The molecule has 8 heteroatoms. The summed E-state index contributed by atoms with van der Waals surface area (Å²) in [6.07, 6.45) is 0. The van der Waals surface area contributed by atoms with Gasteiger partial charge < -0.3 is 5.11 Å². The summed E-state index contributed by atoms with van der Waals surface area (Å²) in [5, 5.41) is 13.9. The Hall–Kier alpha value is -1.41. The highest BCUT2D eigenvalue weighted by atomic mass is 32.2. The average Bonchev–Trinajstić information content (AvgIpc) is 2.69. The van der Waals surface area contributed by atoms with Crippen LogP contribution in [0, 0.1) is 6.92 Å². The van der Waals surface area contributed by atoms with E-state index in [4.69, 9.17) is 5.11 Å². The number of thioether (sulfide) groups is 1. The van der Waals surface area contributed by atoms with Crippen LogP contribution in [0.5, 0.6) is 0 Å². The third kappa shape index (κ3) is 2.95. The Morgan fingerprint density at radius 3 is 2.89 bits per heavy atom. The lowest BCUT2D eigenvalue weighted by Crippen LogP contribution is -2.27. The number of hydrogen-bond donors (Lipinski definition) is 1. The van der Waals surface area contributed by atoms with Crippen molar-refractivity contribution in [1.29, 1.82) is 0 Å². The van der Waals surface area contributed by atoms with Crippen LogP contribution in [0.25, 0.3) is 4.96 Å². The molecule has 0 unspecified atom stereocenters. The van der Waals surface area contributed by atoms with E-state index in [2.05, 4.69) is 10.1 Å². The van der Waals surface area contributed by atoms with Crippen molar-refractivity contribution in [3.05, 3.63) is 27.1 Å². The first kappa shape index (κ1) is 14.0. The second-order valence-corrected chi connectivity index (χ2v) is 7.17. The van der Waals surface area contributed by atoms with Crippen LogP contribution in [-0.4, -0.2) is 30.4 Å². The molecule has 2 aromatic rings. The summed E-state index contributed by atoms with van der Waals surface area (Å²) in [5.74, 6) is -0.434. The normalized spacial score (nSPS) is 11.9. The molecule has 2 heterocycles. The zero-order valence-electron chi connectivity index (χ0n) is 10.7. The molecule has 0 bridgehead atoms. The summed E-state index contributed by atoms with van der Waals surface area (Å²) in [6, 6.07) is 1.42. The summed E-state index contributed by atoms with van der Waals surface area (Å²) < 4.78 is 0.369. The predicted octanol–water partition coefficient (Wildman–Crippen LogP) is 1.56. The largest absolute Gasteiger partial charge is 0.480 e. The number of carbonyl (C=O) groups is 1. The summed E-state index contributed by atoms with van der Waals surface area (Å²) in [4.78, 5) is 27.5. The van der Waals surface area contributed by atoms with Crippen LogP contribution in [0.1, 0.15) is 24.5 Å². The molecule has 0 saturated heterocycles. The number of rotatable bonds is 4. The van der Waals surface area contributed by atoms with E-state index in [0.29, 0.717) is 21.4 Å². The number of aliphatic carboxylic acids is 1. The van der Waals surface area contributed by atoms with E-state index >= 15 is 0 Å². The number of carboxylic acid groups (broad SMARTS) is 1. The summed E-state index contributed by atoms with van der Waals surface area (Å²) in [5.41, 5.74) is 0.436. The number of aromatic nitrogens is 3. The second kappa shape index (κ2) is 4.93. The van der Waals surface area contributed by atoms with Gasteiger partial charge in [0.05, 0.1) is 0 Å². The van der Waals surface area contributed by atoms with Crippen LogP contribution in [0.2, 0.25) is 0 Å². The molecule has 0 amide bonds. The summed E-state index contributed by atoms with van der Waals surface area (Å²) in [6.45, 7) is 5.03. The highest BCUT2D eigenvalue weighted by Crippen LogP contribution is 2.29. The Balaban J connectivity index is 2.26. The van der Waals surface area contributed by atoms with Gasteiger partial charge in [-0.05, 0) is 20.8 Å². The molecule has 102 valence electrons. The number of fused-ring (bicyclic) bond motifs is 1. The molecule has 0 atom stereocenters. The molecule has 19 heavy (non-hydrogen) atoms. The molecule has 2 rings (SSSR count). The van der Waals surface area contributed by atoms with Crippen LogP contribution in [0.3, 0.4) is 0 Å². The third-order valence-electron chi connectivity index (χ3n) is 2.49. The van der Waals surface area contributed by atoms with Gasteiger partial charge in [-0.25, -0.2) is 4.98 Å². The van der Waals surface area contributed by atoms with Crippen molar-refractivity contribution in [2.24, 2.45) is 0 Å². The first-order chi connectivity index (χ1) is 8.79. The molecule has 0 aliphatic rings. The summed E-state index contributed by atoms with van der Waals surface area (Å²) >= 11 is 2.58. The zero-order valence-corrected chi connectivity index (χ0v) is 12.3. The molecular formula is C11H13N3O3S2. The van der Waals surface area contributed by atoms with Gasteiger partial charge in [0.15, 0.2) is 0 Å². The van der Waals surface area contributed by atoms with Gasteiger partial charge in [0, 0.05) is 17.5 Å². The molecule has 0 saturated carbocycles. The van der Waals surface area contributed by atoms with Gasteiger partial charge in [-0.1, -0.05) is 11.3 Å². The van der Waals surface area contributed by atoms with Crippen molar-refractivity contribution in [3.63, 3.8) is 0 Å². The van der Waals surface area contributed by atoms with Gasteiger partial charge in [0.25, 0.3) is 5.56 Å². The third-order valence-corrected chi connectivity index (χ3v) is 4.89. The molecular weight excluding hydrogens is 286 g/mol. The van der Waals surface area contributed by atoms with Crippen molar-refractivity contribution in [2.75, 3.05) is 0 Å². The predicted molar refractivity (Wildman–Crippen MR) is 74.9 cm³/mol. The van der Waals surface area contributed by atoms with E-state index in [-0.39, 0.29) is 5.56 Å². The average molecular weight is 299 g/mol. The quantitative estimate of drug-likeness (QED) is 0.922. The van der Waals surface area contributed by atoms with Crippen LogP contribution in [-0.2, 0) is 10.5 Å². The Bertz CT molecular complexity index is 690. The minimum absolute atomic E-state index is 0.215. The van der Waals surface area contributed by atoms with Crippen molar-refractivity contribution in [3.8, 4) is 0 Å². The van der Waals surface area contributed by atoms with Gasteiger partial charge >= 0.3 is 5.97 Å². The molecule has 1 N–H and O–H groups in total. The number of hydrogen-bond acceptors (Lipinski definition) is 6. The van der Waals surface area contributed by atoms with Gasteiger partial charge in [-0.15, -0.1) is 11.8 Å². The topological polar surface area (TPSA) is 84.6 Å². The van der Waals surface area contributed by atoms with Gasteiger partial charge in [0.2, 0.25) is 4.96 Å². The number of carboxylic acids is 1. The van der Waals surface area contributed by atoms with E-state index in [1.54, 1.807) is 20.8 Å². The van der Waals surface area contributed by atoms with Crippen LogP contribution < -0.4 is 5.56 Å². The van der Waals surface area contributed by atoms with Gasteiger partial charge in [-0.3, -0.25) is 9.59 Å². The minimum atomic E-state index is -0.883. The first-order valence-electron chi connectivity index (χ1n) is 5.53. The van der Waals surface area contributed by atoms with Crippen molar-refractivity contribution in [2.45, 2.75) is 31.3 Å². The Morgan fingerprint density at radius 2 is 2.26 bits per heavy atom. The highest BCUT2D eigenvalue weighted by Gasteiger charge is 2.28. The van der Waals surface area contributed by atoms with Crippen molar-refractivity contribution in [1.82, 2.24) is 14.6 Å². The Labute approximate surface area is 117 Å². The molecule has 0 spiro atoms. The summed E-state index contributed by atoms with van der Waals surface area (Å²) in [7, 11) is 0.